The predicted molar refractivity (Wildman–Crippen MR) is 80.3 cm³/mol. The minimum absolute atomic E-state index is 0.0995. The summed E-state index contributed by atoms with van der Waals surface area (Å²) in [6, 6.07) is 10.0. The molecule has 1 heterocycles. The van der Waals surface area contributed by atoms with E-state index in [0.29, 0.717) is 0 Å². The van der Waals surface area contributed by atoms with Crippen molar-refractivity contribution in [2.24, 2.45) is 11.8 Å². The van der Waals surface area contributed by atoms with Crippen LogP contribution in [0.1, 0.15) is 35.8 Å². The summed E-state index contributed by atoms with van der Waals surface area (Å²) in [5, 5.41) is 13.4. The van der Waals surface area contributed by atoms with Gasteiger partial charge in [0.2, 0.25) is 5.91 Å². The van der Waals surface area contributed by atoms with Gasteiger partial charge in [-0.15, -0.1) is 0 Å². The SMILES string of the molecule is O=C(NO)[C@@H]1[C@H](c2ccccc2)[C@H]1c1cnn(CC2CC2)c1. The van der Waals surface area contributed by atoms with Crippen molar-refractivity contribution in [2.45, 2.75) is 31.2 Å². The first-order valence-corrected chi connectivity index (χ1v) is 7.79. The zero-order valence-electron chi connectivity index (χ0n) is 12.2. The molecule has 2 saturated carbocycles. The molecule has 2 aliphatic carbocycles. The Morgan fingerprint density at radius 1 is 1.23 bits per heavy atom. The number of amides is 1. The Labute approximate surface area is 128 Å². The highest BCUT2D eigenvalue weighted by Gasteiger charge is 2.56. The molecule has 5 heteroatoms. The van der Waals surface area contributed by atoms with Crippen LogP contribution in [0.3, 0.4) is 0 Å². The van der Waals surface area contributed by atoms with E-state index < -0.39 is 0 Å². The van der Waals surface area contributed by atoms with Crippen LogP contribution in [-0.4, -0.2) is 20.9 Å². The smallest absolute Gasteiger partial charge is 0.247 e. The van der Waals surface area contributed by atoms with Crippen molar-refractivity contribution >= 4 is 5.91 Å². The van der Waals surface area contributed by atoms with Crippen LogP contribution >= 0.6 is 0 Å². The lowest BCUT2D eigenvalue weighted by molar-refractivity contribution is -0.130. The molecule has 0 radical (unpaired) electrons. The fraction of sp³-hybridized carbons (Fsp3) is 0.412. The van der Waals surface area contributed by atoms with Crippen LogP contribution in [0.5, 0.6) is 0 Å². The van der Waals surface area contributed by atoms with Crippen LogP contribution in [0.2, 0.25) is 0 Å². The average molecular weight is 297 g/mol. The Hall–Kier alpha value is -2.14. The van der Waals surface area contributed by atoms with Crippen molar-refractivity contribution in [2.75, 3.05) is 0 Å². The number of carbonyl (C=O) groups is 1. The van der Waals surface area contributed by atoms with Gasteiger partial charge in [0.1, 0.15) is 0 Å². The molecular weight excluding hydrogens is 278 g/mol. The highest BCUT2D eigenvalue weighted by atomic mass is 16.5. The lowest BCUT2D eigenvalue weighted by Gasteiger charge is -1.98. The van der Waals surface area contributed by atoms with Crippen molar-refractivity contribution < 1.29 is 10.0 Å². The molecule has 0 aliphatic heterocycles. The first-order chi connectivity index (χ1) is 10.8. The summed E-state index contributed by atoms with van der Waals surface area (Å²) in [6.07, 6.45) is 6.51. The van der Waals surface area contributed by atoms with Gasteiger partial charge in [-0.1, -0.05) is 30.3 Å². The Kier molecular flexibility index (Phi) is 3.22. The van der Waals surface area contributed by atoms with E-state index in [1.807, 2.05) is 46.7 Å². The van der Waals surface area contributed by atoms with Crippen LogP contribution in [0.15, 0.2) is 42.7 Å². The molecule has 114 valence electrons. The molecule has 0 bridgehead atoms. The summed E-state index contributed by atoms with van der Waals surface area (Å²) in [4.78, 5) is 11.9. The summed E-state index contributed by atoms with van der Waals surface area (Å²) in [5.74, 6) is 0.461. The van der Waals surface area contributed by atoms with Crippen LogP contribution in [0.4, 0.5) is 0 Å². The fourth-order valence-electron chi connectivity index (χ4n) is 3.43. The molecule has 0 spiro atoms. The molecule has 0 unspecified atom stereocenters. The highest BCUT2D eigenvalue weighted by molar-refractivity contribution is 5.84. The maximum atomic E-state index is 11.9. The number of aromatic nitrogens is 2. The first-order valence-electron chi connectivity index (χ1n) is 7.79. The molecule has 2 aromatic rings. The Bertz CT molecular complexity index is 678. The number of hydrogen-bond donors (Lipinski definition) is 2. The number of nitrogens with zero attached hydrogens (tertiary/aromatic N) is 2. The Morgan fingerprint density at radius 3 is 2.64 bits per heavy atom. The normalized spacial score (nSPS) is 26.7. The molecule has 2 N–H and O–H groups in total. The molecule has 3 atom stereocenters. The monoisotopic (exact) mass is 297 g/mol. The quantitative estimate of drug-likeness (QED) is 0.657. The van der Waals surface area contributed by atoms with E-state index >= 15 is 0 Å². The van der Waals surface area contributed by atoms with Gasteiger partial charge in [0.25, 0.3) is 0 Å². The zero-order chi connectivity index (χ0) is 15.1. The van der Waals surface area contributed by atoms with Crippen molar-refractivity contribution in [1.29, 1.82) is 0 Å². The number of nitrogens with one attached hydrogen (secondary N) is 1. The topological polar surface area (TPSA) is 67.2 Å². The van der Waals surface area contributed by atoms with E-state index in [-0.39, 0.29) is 23.7 Å². The van der Waals surface area contributed by atoms with Crippen molar-refractivity contribution in [3.8, 4) is 0 Å². The molecule has 2 aliphatic rings. The molecule has 4 rings (SSSR count). The van der Waals surface area contributed by atoms with E-state index in [4.69, 9.17) is 5.21 Å². The molecule has 5 nitrogen and oxygen atoms in total. The van der Waals surface area contributed by atoms with E-state index in [0.717, 1.165) is 23.6 Å². The van der Waals surface area contributed by atoms with Gasteiger partial charge in [-0.25, -0.2) is 5.48 Å². The third kappa shape index (κ3) is 2.41. The van der Waals surface area contributed by atoms with Crippen molar-refractivity contribution in [3.63, 3.8) is 0 Å². The van der Waals surface area contributed by atoms with E-state index in [1.165, 1.54) is 12.8 Å². The molecule has 1 aromatic heterocycles. The third-order valence-electron chi connectivity index (χ3n) is 4.80. The van der Waals surface area contributed by atoms with Gasteiger partial charge in [-0.05, 0) is 29.9 Å². The summed E-state index contributed by atoms with van der Waals surface area (Å²) in [6.45, 7) is 0.972. The second kappa shape index (κ2) is 5.25. The Morgan fingerprint density at radius 2 is 1.95 bits per heavy atom. The van der Waals surface area contributed by atoms with Crippen molar-refractivity contribution in [3.05, 3.63) is 53.9 Å². The van der Waals surface area contributed by atoms with Crippen LogP contribution in [0.25, 0.3) is 0 Å². The molecule has 2 fully saturated rings. The first kappa shape index (κ1) is 13.5. The predicted octanol–water partition coefficient (Wildman–Crippen LogP) is 2.30. The fourth-order valence-corrected chi connectivity index (χ4v) is 3.43. The number of hydrogen-bond acceptors (Lipinski definition) is 3. The molecule has 1 amide bonds. The molecule has 0 saturated heterocycles. The molecule has 22 heavy (non-hydrogen) atoms. The lowest BCUT2D eigenvalue weighted by atomic mass is 10.1. The Balaban J connectivity index is 1.58. The van der Waals surface area contributed by atoms with Crippen LogP contribution in [0, 0.1) is 11.8 Å². The van der Waals surface area contributed by atoms with Gasteiger partial charge >= 0.3 is 0 Å². The van der Waals surface area contributed by atoms with Gasteiger partial charge in [0, 0.05) is 24.6 Å². The average Bonchev–Trinajstić information content (AvgIpc) is 3.45. The van der Waals surface area contributed by atoms with Gasteiger partial charge in [-0.3, -0.25) is 14.7 Å². The third-order valence-corrected chi connectivity index (χ3v) is 4.80. The summed E-state index contributed by atoms with van der Waals surface area (Å²) >= 11 is 0. The van der Waals surface area contributed by atoms with E-state index in [1.54, 1.807) is 0 Å². The number of benzene rings is 1. The maximum absolute atomic E-state index is 11.9. The summed E-state index contributed by atoms with van der Waals surface area (Å²) in [5.41, 5.74) is 4.03. The van der Waals surface area contributed by atoms with Gasteiger partial charge in [0.15, 0.2) is 0 Å². The van der Waals surface area contributed by atoms with Gasteiger partial charge in [0.05, 0.1) is 12.1 Å². The van der Waals surface area contributed by atoms with E-state index in [9.17, 15) is 4.79 Å². The number of hydroxylamine groups is 1. The van der Waals surface area contributed by atoms with Crippen LogP contribution in [-0.2, 0) is 11.3 Å². The second-order valence-corrected chi connectivity index (χ2v) is 6.40. The number of carbonyl (C=O) groups excluding carboxylic acids is 1. The summed E-state index contributed by atoms with van der Waals surface area (Å²) < 4.78 is 1.99. The van der Waals surface area contributed by atoms with Crippen LogP contribution < -0.4 is 5.48 Å². The van der Waals surface area contributed by atoms with Gasteiger partial charge in [-0.2, -0.15) is 5.10 Å². The van der Waals surface area contributed by atoms with E-state index in [2.05, 4.69) is 11.3 Å². The standard InChI is InChI=1S/C17H19N3O2/c21-17(19-22)16-14(12-4-2-1-3-5-12)15(16)13-8-18-20(10-13)9-11-6-7-11/h1-5,8,10-11,14-16,22H,6-7,9H2,(H,19,21)/t14-,15-,16-/m1/s1. The molecular formula is C17H19N3O2. The molecule has 1 aromatic carbocycles. The minimum Gasteiger partial charge on any atom is -0.289 e. The lowest BCUT2D eigenvalue weighted by Crippen LogP contribution is -2.21. The number of rotatable bonds is 5. The minimum atomic E-state index is -0.311. The summed E-state index contributed by atoms with van der Waals surface area (Å²) in [7, 11) is 0. The highest BCUT2D eigenvalue weighted by Crippen LogP contribution is 2.60. The largest absolute Gasteiger partial charge is 0.289 e. The zero-order valence-corrected chi connectivity index (χ0v) is 12.2. The second-order valence-electron chi connectivity index (χ2n) is 6.40. The van der Waals surface area contributed by atoms with Crippen molar-refractivity contribution in [1.82, 2.24) is 15.3 Å². The van der Waals surface area contributed by atoms with Gasteiger partial charge < -0.3 is 0 Å². The maximum Gasteiger partial charge on any atom is 0.247 e.